The second kappa shape index (κ2) is 13.4. The van der Waals surface area contributed by atoms with Crippen molar-refractivity contribution in [2.24, 2.45) is 0 Å². The van der Waals surface area contributed by atoms with Crippen LogP contribution in [0.25, 0.3) is 11.3 Å². The Morgan fingerprint density at radius 1 is 0.878 bits per heavy atom. The Labute approximate surface area is 242 Å². The van der Waals surface area contributed by atoms with E-state index in [2.05, 4.69) is 4.90 Å². The third-order valence-corrected chi connectivity index (χ3v) is 7.88. The highest BCUT2D eigenvalue weighted by molar-refractivity contribution is 7.14. The molecule has 0 atom stereocenters. The highest BCUT2D eigenvalue weighted by atomic mass is 32.1. The van der Waals surface area contributed by atoms with Gasteiger partial charge < -0.3 is 28.9 Å². The molecule has 0 saturated carbocycles. The molecule has 0 bridgehead atoms. The van der Waals surface area contributed by atoms with Crippen LogP contribution in [0.5, 0.6) is 11.5 Å². The van der Waals surface area contributed by atoms with Crippen LogP contribution in [-0.4, -0.2) is 98.6 Å². The zero-order valence-electron chi connectivity index (χ0n) is 22.9. The molecule has 1 aromatic heterocycles. The van der Waals surface area contributed by atoms with Gasteiger partial charge >= 0.3 is 0 Å². The number of carbonyl (C=O) groups is 3. The van der Waals surface area contributed by atoms with Crippen molar-refractivity contribution in [1.29, 1.82) is 0 Å². The summed E-state index contributed by atoms with van der Waals surface area (Å²) in [5.41, 5.74) is 2.37. The molecule has 2 amide bonds. The number of allylic oxidation sites excluding steroid dienone is 1. The summed E-state index contributed by atoms with van der Waals surface area (Å²) in [4.78, 5) is 47.9. The van der Waals surface area contributed by atoms with Gasteiger partial charge in [0, 0.05) is 61.9 Å². The predicted octanol–water partition coefficient (Wildman–Crippen LogP) is 3.14. The summed E-state index contributed by atoms with van der Waals surface area (Å²) in [5.74, 6) is 0.603. The van der Waals surface area contributed by atoms with E-state index in [0.29, 0.717) is 43.2 Å². The number of nitrogens with zero attached hydrogens (tertiary/aromatic N) is 4. The number of carbonyl (C=O) groups excluding carboxylic acids is 3. The maximum absolute atomic E-state index is 12.7. The second-order valence-electron chi connectivity index (χ2n) is 9.56. The van der Waals surface area contributed by atoms with Crippen LogP contribution in [0.2, 0.25) is 0 Å². The van der Waals surface area contributed by atoms with E-state index in [1.807, 2.05) is 29.6 Å². The number of piperazine rings is 1. The summed E-state index contributed by atoms with van der Waals surface area (Å²) in [6.07, 6.45) is 2.56. The Hall–Kier alpha value is -4.22. The number of methoxy groups -OCH3 is 1. The summed E-state index contributed by atoms with van der Waals surface area (Å²) in [6, 6.07) is 14.3. The van der Waals surface area contributed by atoms with Gasteiger partial charge in [-0.15, -0.1) is 11.3 Å². The van der Waals surface area contributed by atoms with Crippen LogP contribution in [0, 0.1) is 0 Å². The number of hydrogen-bond acceptors (Lipinski definition) is 9. The molecule has 0 aliphatic carbocycles. The Morgan fingerprint density at radius 3 is 2.22 bits per heavy atom. The Morgan fingerprint density at radius 2 is 1.54 bits per heavy atom. The third kappa shape index (κ3) is 7.30. The first-order chi connectivity index (χ1) is 20.0. The molecule has 3 aromatic rings. The van der Waals surface area contributed by atoms with Crippen LogP contribution in [0.1, 0.15) is 10.4 Å². The Bertz CT molecular complexity index is 1370. The fourth-order valence-corrected chi connectivity index (χ4v) is 5.42. The molecular formula is C30H32N4O6S. The Balaban J connectivity index is 1.05. The van der Waals surface area contributed by atoms with Crippen molar-refractivity contribution < 1.29 is 28.6 Å². The zero-order chi connectivity index (χ0) is 28.6. The summed E-state index contributed by atoms with van der Waals surface area (Å²) < 4.78 is 16.2. The van der Waals surface area contributed by atoms with Crippen molar-refractivity contribution >= 4 is 34.1 Å². The molecule has 5 rings (SSSR count). The van der Waals surface area contributed by atoms with Crippen LogP contribution in [-0.2, 0) is 14.3 Å². The van der Waals surface area contributed by atoms with Gasteiger partial charge in [-0.2, -0.15) is 0 Å². The van der Waals surface area contributed by atoms with Gasteiger partial charge in [0.05, 0.1) is 26.0 Å². The zero-order valence-corrected chi connectivity index (χ0v) is 23.7. The van der Waals surface area contributed by atoms with E-state index in [0.717, 1.165) is 42.7 Å². The van der Waals surface area contributed by atoms with Crippen LogP contribution in [0.3, 0.4) is 0 Å². The van der Waals surface area contributed by atoms with Gasteiger partial charge in [-0.1, -0.05) is 0 Å². The number of amides is 2. The first kappa shape index (κ1) is 28.3. The summed E-state index contributed by atoms with van der Waals surface area (Å²) in [7, 11) is 1.56. The molecule has 2 aliphatic heterocycles. The third-order valence-electron chi connectivity index (χ3n) is 6.98. The van der Waals surface area contributed by atoms with Crippen molar-refractivity contribution in [2.45, 2.75) is 0 Å². The molecule has 3 heterocycles. The molecule has 10 nitrogen and oxygen atoms in total. The predicted molar refractivity (Wildman–Crippen MR) is 156 cm³/mol. The number of anilines is 1. The lowest BCUT2D eigenvalue weighted by Crippen LogP contribution is -2.51. The van der Waals surface area contributed by atoms with Crippen LogP contribution < -0.4 is 14.4 Å². The number of rotatable bonds is 9. The molecular weight excluding hydrogens is 544 g/mol. The molecule has 0 N–H and O–H groups in total. The quantitative estimate of drug-likeness (QED) is 0.283. The maximum Gasteiger partial charge on any atom is 0.260 e. The fraction of sp³-hybridized carbons (Fsp3) is 0.333. The standard InChI is InChI=1S/C30H32N4O6S/c1-38-24-6-4-23(5-7-24)27(35)10-11-28(36)32-12-14-33(15-13-32)29(37)20-40-25-8-2-22(3-9-25)26-21-41-30(31-26)34-16-18-39-19-17-34/h2-11,21H,12-20H2,1H3/b11-10+. The van der Waals surface area contributed by atoms with Gasteiger partial charge in [-0.25, -0.2) is 4.98 Å². The average molecular weight is 577 g/mol. The van der Waals surface area contributed by atoms with E-state index >= 15 is 0 Å². The molecule has 2 aliphatic rings. The molecule has 2 aromatic carbocycles. The van der Waals surface area contributed by atoms with Gasteiger partial charge in [-0.05, 0) is 54.6 Å². The largest absolute Gasteiger partial charge is 0.497 e. The molecule has 214 valence electrons. The van der Waals surface area contributed by atoms with Crippen LogP contribution in [0.4, 0.5) is 5.13 Å². The SMILES string of the molecule is COc1ccc(C(=O)/C=C/C(=O)N2CCN(C(=O)COc3ccc(-c4csc(N5CCOCC5)n4)cc3)CC2)cc1. The summed E-state index contributed by atoms with van der Waals surface area (Å²) in [5, 5.41) is 3.04. The monoisotopic (exact) mass is 576 g/mol. The molecule has 11 heteroatoms. The average Bonchev–Trinajstić information content (AvgIpc) is 3.54. The number of benzene rings is 2. The minimum Gasteiger partial charge on any atom is -0.497 e. The van der Waals surface area contributed by atoms with E-state index in [1.54, 1.807) is 52.5 Å². The normalized spacial score (nSPS) is 15.7. The van der Waals surface area contributed by atoms with Gasteiger partial charge in [0.15, 0.2) is 17.5 Å². The minimum atomic E-state index is -0.260. The number of thiazole rings is 1. The first-order valence-corrected chi connectivity index (χ1v) is 14.3. The molecule has 41 heavy (non-hydrogen) atoms. The number of aromatic nitrogens is 1. The number of hydrogen-bond donors (Lipinski definition) is 0. The second-order valence-corrected chi connectivity index (χ2v) is 10.4. The highest BCUT2D eigenvalue weighted by Crippen LogP contribution is 2.29. The molecule has 0 radical (unpaired) electrons. The lowest BCUT2D eigenvalue weighted by molar-refractivity contribution is -0.138. The first-order valence-electron chi connectivity index (χ1n) is 13.4. The molecule has 2 saturated heterocycles. The number of morpholine rings is 1. The van der Waals surface area contributed by atoms with Gasteiger partial charge in [0.2, 0.25) is 5.91 Å². The summed E-state index contributed by atoms with van der Waals surface area (Å²) >= 11 is 1.62. The van der Waals surface area contributed by atoms with Crippen molar-refractivity contribution in [3.05, 3.63) is 71.6 Å². The van der Waals surface area contributed by atoms with Gasteiger partial charge in [0.25, 0.3) is 5.91 Å². The van der Waals surface area contributed by atoms with Gasteiger partial charge in [-0.3, -0.25) is 14.4 Å². The molecule has 0 unspecified atom stereocenters. The lowest BCUT2D eigenvalue weighted by Gasteiger charge is -2.34. The maximum atomic E-state index is 12.7. The van der Waals surface area contributed by atoms with E-state index < -0.39 is 0 Å². The van der Waals surface area contributed by atoms with Crippen molar-refractivity contribution in [2.75, 3.05) is 71.1 Å². The minimum absolute atomic E-state index is 0.0819. The van der Waals surface area contributed by atoms with E-state index in [1.165, 1.54) is 12.2 Å². The van der Waals surface area contributed by atoms with E-state index in [4.69, 9.17) is 19.2 Å². The van der Waals surface area contributed by atoms with Crippen molar-refractivity contribution in [3.63, 3.8) is 0 Å². The smallest absolute Gasteiger partial charge is 0.260 e. The van der Waals surface area contributed by atoms with Gasteiger partial charge in [0.1, 0.15) is 11.5 Å². The molecule has 0 spiro atoms. The Kier molecular flexibility index (Phi) is 9.27. The number of ketones is 1. The van der Waals surface area contributed by atoms with E-state index in [-0.39, 0.29) is 24.2 Å². The van der Waals surface area contributed by atoms with Crippen LogP contribution in [0.15, 0.2) is 66.1 Å². The molecule has 2 fully saturated rings. The van der Waals surface area contributed by atoms with Crippen LogP contribution >= 0.6 is 11.3 Å². The topological polar surface area (TPSA) is 102 Å². The highest BCUT2D eigenvalue weighted by Gasteiger charge is 2.23. The lowest BCUT2D eigenvalue weighted by atomic mass is 10.1. The van der Waals surface area contributed by atoms with E-state index in [9.17, 15) is 14.4 Å². The van der Waals surface area contributed by atoms with Crippen molar-refractivity contribution in [1.82, 2.24) is 14.8 Å². The fourth-order valence-electron chi connectivity index (χ4n) is 4.54. The van der Waals surface area contributed by atoms with Crippen molar-refractivity contribution in [3.8, 4) is 22.8 Å². The summed E-state index contributed by atoms with van der Waals surface area (Å²) in [6.45, 7) is 4.65. The number of ether oxygens (including phenoxy) is 3.